The molecule has 0 atom stereocenters. The number of hydrogen-bond acceptors (Lipinski definition) is 3. The van der Waals surface area contributed by atoms with E-state index in [-0.39, 0.29) is 11.1 Å². The van der Waals surface area contributed by atoms with Crippen LogP contribution in [0.1, 0.15) is 10.4 Å². The maximum atomic E-state index is 12.2. The molecule has 6 heteroatoms. The highest BCUT2D eigenvalue weighted by Crippen LogP contribution is 2.32. The Bertz CT molecular complexity index is 644. The van der Waals surface area contributed by atoms with Gasteiger partial charge < -0.3 is 10.2 Å². The van der Waals surface area contributed by atoms with Gasteiger partial charge in [0.05, 0.1) is 16.4 Å². The van der Waals surface area contributed by atoms with Gasteiger partial charge in [-0.15, -0.1) is 0 Å². The summed E-state index contributed by atoms with van der Waals surface area (Å²) in [7, 11) is 3.72. The fourth-order valence-corrected chi connectivity index (χ4v) is 2.33. The van der Waals surface area contributed by atoms with Crippen LogP contribution in [-0.4, -0.2) is 25.0 Å². The Kier molecular flexibility index (Phi) is 4.47. The van der Waals surface area contributed by atoms with Gasteiger partial charge in [-0.25, -0.2) is 4.98 Å². The van der Waals surface area contributed by atoms with Crippen LogP contribution >= 0.6 is 23.2 Å². The third-order valence-electron chi connectivity index (χ3n) is 2.67. The summed E-state index contributed by atoms with van der Waals surface area (Å²) in [6, 6.07) is 8.46. The Balaban J connectivity index is 2.31. The van der Waals surface area contributed by atoms with Gasteiger partial charge in [0.2, 0.25) is 0 Å². The predicted molar refractivity (Wildman–Crippen MR) is 83.0 cm³/mol. The minimum atomic E-state index is -0.264. The molecule has 1 N–H and O–H groups in total. The lowest BCUT2D eigenvalue weighted by atomic mass is 10.2. The molecule has 0 saturated carbocycles. The monoisotopic (exact) mass is 309 g/mol. The minimum absolute atomic E-state index is 0.264. The van der Waals surface area contributed by atoms with E-state index in [0.29, 0.717) is 16.3 Å². The zero-order valence-electron chi connectivity index (χ0n) is 11.0. The summed E-state index contributed by atoms with van der Waals surface area (Å²) in [4.78, 5) is 17.9. The van der Waals surface area contributed by atoms with Crippen LogP contribution in [0.5, 0.6) is 0 Å². The van der Waals surface area contributed by atoms with Gasteiger partial charge in [-0.05, 0) is 24.3 Å². The van der Waals surface area contributed by atoms with Gasteiger partial charge in [-0.3, -0.25) is 4.79 Å². The third kappa shape index (κ3) is 3.21. The van der Waals surface area contributed by atoms with Crippen LogP contribution < -0.4 is 10.2 Å². The second kappa shape index (κ2) is 6.11. The van der Waals surface area contributed by atoms with Crippen LogP contribution in [0.3, 0.4) is 0 Å². The average molecular weight is 310 g/mol. The van der Waals surface area contributed by atoms with Crippen molar-refractivity contribution in [1.29, 1.82) is 0 Å². The number of anilines is 2. The zero-order valence-corrected chi connectivity index (χ0v) is 12.5. The van der Waals surface area contributed by atoms with Crippen LogP contribution in [0, 0.1) is 0 Å². The van der Waals surface area contributed by atoms with E-state index in [1.807, 2.05) is 19.0 Å². The average Bonchev–Trinajstić information content (AvgIpc) is 2.38. The number of carbonyl (C=O) groups excluding carboxylic acids is 1. The molecule has 0 bridgehead atoms. The standard InChI is InChI=1S/C14H13Cl2N3O/c1-19(2)13-10(15)4-3-5-11(13)18-14(20)9-6-7-17-12(16)8-9/h3-8H,1-2H3,(H,18,20). The first kappa shape index (κ1) is 14.6. The maximum absolute atomic E-state index is 12.2. The number of para-hydroxylation sites is 1. The highest BCUT2D eigenvalue weighted by Gasteiger charge is 2.13. The van der Waals surface area contributed by atoms with E-state index in [2.05, 4.69) is 10.3 Å². The molecule has 1 amide bonds. The molecule has 0 saturated heterocycles. The quantitative estimate of drug-likeness (QED) is 0.879. The molecule has 104 valence electrons. The van der Waals surface area contributed by atoms with Crippen molar-refractivity contribution < 1.29 is 4.79 Å². The SMILES string of the molecule is CN(C)c1c(Cl)cccc1NC(=O)c1ccnc(Cl)c1. The number of aromatic nitrogens is 1. The van der Waals surface area contributed by atoms with Crippen molar-refractivity contribution in [3.63, 3.8) is 0 Å². The summed E-state index contributed by atoms with van der Waals surface area (Å²) < 4.78 is 0. The fourth-order valence-electron chi connectivity index (χ4n) is 1.81. The van der Waals surface area contributed by atoms with Gasteiger partial charge >= 0.3 is 0 Å². The van der Waals surface area contributed by atoms with Crippen LogP contribution in [0.4, 0.5) is 11.4 Å². The zero-order chi connectivity index (χ0) is 14.7. The third-order valence-corrected chi connectivity index (χ3v) is 3.18. The molecule has 1 heterocycles. The first-order chi connectivity index (χ1) is 9.49. The number of nitrogens with zero attached hydrogens (tertiary/aromatic N) is 2. The molecule has 0 unspecified atom stereocenters. The lowest BCUT2D eigenvalue weighted by molar-refractivity contribution is 0.102. The van der Waals surface area contributed by atoms with Crippen molar-refractivity contribution in [1.82, 2.24) is 4.98 Å². The van der Waals surface area contributed by atoms with E-state index in [9.17, 15) is 4.79 Å². The van der Waals surface area contributed by atoms with Gasteiger partial charge in [0, 0.05) is 25.9 Å². The summed E-state index contributed by atoms with van der Waals surface area (Å²) in [5.41, 5.74) is 1.83. The van der Waals surface area contributed by atoms with E-state index >= 15 is 0 Å². The first-order valence-electron chi connectivity index (χ1n) is 5.88. The lowest BCUT2D eigenvalue weighted by Gasteiger charge is -2.19. The van der Waals surface area contributed by atoms with Crippen molar-refractivity contribution in [2.75, 3.05) is 24.3 Å². The van der Waals surface area contributed by atoms with E-state index in [1.54, 1.807) is 24.3 Å². The van der Waals surface area contributed by atoms with E-state index in [1.165, 1.54) is 12.3 Å². The number of carbonyl (C=O) groups is 1. The van der Waals surface area contributed by atoms with Crippen molar-refractivity contribution in [3.05, 3.63) is 52.3 Å². The summed E-state index contributed by atoms with van der Waals surface area (Å²) in [5.74, 6) is -0.264. The number of rotatable bonds is 3. The lowest BCUT2D eigenvalue weighted by Crippen LogP contribution is -2.17. The summed E-state index contributed by atoms with van der Waals surface area (Å²) in [6.45, 7) is 0. The Morgan fingerprint density at radius 1 is 1.25 bits per heavy atom. The second-order valence-corrected chi connectivity index (χ2v) is 5.15. The largest absolute Gasteiger partial charge is 0.375 e. The van der Waals surface area contributed by atoms with E-state index in [4.69, 9.17) is 23.2 Å². The maximum Gasteiger partial charge on any atom is 0.255 e. The van der Waals surface area contributed by atoms with Gasteiger partial charge in [0.15, 0.2) is 0 Å². The predicted octanol–water partition coefficient (Wildman–Crippen LogP) is 3.71. The number of benzene rings is 1. The normalized spacial score (nSPS) is 10.2. The van der Waals surface area contributed by atoms with Gasteiger partial charge in [0.1, 0.15) is 5.15 Å². The number of nitrogens with one attached hydrogen (secondary N) is 1. The number of halogens is 2. The summed E-state index contributed by atoms with van der Waals surface area (Å²) in [6.07, 6.45) is 1.49. The van der Waals surface area contributed by atoms with Crippen LogP contribution in [-0.2, 0) is 0 Å². The Morgan fingerprint density at radius 3 is 2.65 bits per heavy atom. The molecule has 0 aliphatic heterocycles. The van der Waals surface area contributed by atoms with E-state index < -0.39 is 0 Å². The molecule has 1 aromatic heterocycles. The first-order valence-corrected chi connectivity index (χ1v) is 6.63. The molecule has 2 rings (SSSR count). The molecule has 20 heavy (non-hydrogen) atoms. The van der Waals surface area contributed by atoms with Gasteiger partial charge in [-0.1, -0.05) is 29.3 Å². The second-order valence-electron chi connectivity index (χ2n) is 4.35. The highest BCUT2D eigenvalue weighted by atomic mass is 35.5. The Labute approximate surface area is 127 Å². The summed E-state index contributed by atoms with van der Waals surface area (Å²) in [5, 5.41) is 3.67. The molecular weight excluding hydrogens is 297 g/mol. The fraction of sp³-hybridized carbons (Fsp3) is 0.143. The van der Waals surface area contributed by atoms with Gasteiger partial charge in [0.25, 0.3) is 5.91 Å². The van der Waals surface area contributed by atoms with Crippen molar-refractivity contribution >= 4 is 40.5 Å². The van der Waals surface area contributed by atoms with Crippen molar-refractivity contribution in [2.45, 2.75) is 0 Å². The molecule has 0 spiro atoms. The molecule has 4 nitrogen and oxygen atoms in total. The molecule has 0 aliphatic carbocycles. The Hall–Kier alpha value is -1.78. The topological polar surface area (TPSA) is 45.2 Å². The van der Waals surface area contributed by atoms with Crippen molar-refractivity contribution in [2.24, 2.45) is 0 Å². The van der Waals surface area contributed by atoms with Crippen LogP contribution in [0.2, 0.25) is 10.2 Å². The molecule has 0 aliphatic rings. The van der Waals surface area contributed by atoms with Gasteiger partial charge in [-0.2, -0.15) is 0 Å². The van der Waals surface area contributed by atoms with Crippen molar-refractivity contribution in [3.8, 4) is 0 Å². The summed E-state index contributed by atoms with van der Waals surface area (Å²) >= 11 is 11.9. The Morgan fingerprint density at radius 2 is 2.00 bits per heavy atom. The van der Waals surface area contributed by atoms with Crippen LogP contribution in [0.25, 0.3) is 0 Å². The molecular formula is C14H13Cl2N3O. The minimum Gasteiger partial charge on any atom is -0.375 e. The molecule has 0 radical (unpaired) electrons. The molecule has 0 fully saturated rings. The molecule has 2 aromatic rings. The highest BCUT2D eigenvalue weighted by molar-refractivity contribution is 6.34. The number of amides is 1. The molecule has 1 aromatic carbocycles. The number of pyridine rings is 1. The number of hydrogen-bond donors (Lipinski definition) is 1. The smallest absolute Gasteiger partial charge is 0.255 e. The van der Waals surface area contributed by atoms with E-state index in [0.717, 1.165) is 5.69 Å². The van der Waals surface area contributed by atoms with Crippen LogP contribution in [0.15, 0.2) is 36.5 Å².